The molecule has 0 aliphatic carbocycles. The number of hydrogen-bond acceptors (Lipinski definition) is 7. The smallest absolute Gasteiger partial charge is 0.338 e. The lowest BCUT2D eigenvalue weighted by Gasteiger charge is -2.26. The summed E-state index contributed by atoms with van der Waals surface area (Å²) >= 11 is 0. The van der Waals surface area contributed by atoms with Crippen LogP contribution in [0.2, 0.25) is 0 Å². The number of hydrogen-bond donors (Lipinski definition) is 0. The molecular weight excluding hydrogens is 432 g/mol. The summed E-state index contributed by atoms with van der Waals surface area (Å²) in [6, 6.07) is 25.0. The van der Waals surface area contributed by atoms with Crippen molar-refractivity contribution in [1.82, 2.24) is 0 Å². The van der Waals surface area contributed by atoms with E-state index in [0.29, 0.717) is 11.1 Å². The van der Waals surface area contributed by atoms with Crippen LogP contribution in [-0.4, -0.2) is 39.3 Å². The minimum Gasteiger partial charge on any atom is -0.459 e. The van der Waals surface area contributed by atoms with Crippen molar-refractivity contribution in [2.75, 3.05) is 12.9 Å². The quantitative estimate of drug-likeness (QED) is 0.359. The first kappa shape index (κ1) is 23.2. The molecule has 0 bridgehead atoms. The third kappa shape index (κ3) is 6.76. The maximum absolute atomic E-state index is 12.7. The van der Waals surface area contributed by atoms with Gasteiger partial charge in [-0.1, -0.05) is 66.7 Å². The Bertz CT molecular complexity index is 1130. The van der Waals surface area contributed by atoms with Crippen molar-refractivity contribution in [3.05, 3.63) is 108 Å². The van der Waals surface area contributed by atoms with E-state index in [0.717, 1.165) is 6.26 Å². The van der Waals surface area contributed by atoms with Crippen LogP contribution in [0.1, 0.15) is 32.4 Å². The Morgan fingerprint density at radius 3 is 1.72 bits per heavy atom. The monoisotopic (exact) mass is 454 g/mol. The molecule has 8 heteroatoms. The van der Waals surface area contributed by atoms with Gasteiger partial charge in [-0.25, -0.2) is 9.59 Å². The van der Waals surface area contributed by atoms with E-state index < -0.39 is 40.9 Å². The Morgan fingerprint density at radius 1 is 0.750 bits per heavy atom. The molecule has 2 atom stereocenters. The molecule has 7 nitrogen and oxygen atoms in total. The van der Waals surface area contributed by atoms with Crippen LogP contribution in [0.25, 0.3) is 0 Å². The van der Waals surface area contributed by atoms with Gasteiger partial charge in [0.25, 0.3) is 10.1 Å². The highest BCUT2D eigenvalue weighted by Crippen LogP contribution is 2.27. The molecule has 3 rings (SSSR count). The molecule has 0 fully saturated rings. The molecule has 0 aliphatic heterocycles. The predicted octanol–water partition coefficient (Wildman–Crippen LogP) is 3.79. The van der Waals surface area contributed by atoms with Gasteiger partial charge in [-0.05, 0) is 29.8 Å². The first-order chi connectivity index (χ1) is 15.3. The van der Waals surface area contributed by atoms with Gasteiger partial charge >= 0.3 is 11.9 Å². The molecule has 166 valence electrons. The van der Waals surface area contributed by atoms with E-state index in [1.54, 1.807) is 91.0 Å². The van der Waals surface area contributed by atoms with Gasteiger partial charge in [0.2, 0.25) is 0 Å². The van der Waals surface area contributed by atoms with E-state index in [1.807, 2.05) is 0 Å². The molecule has 0 heterocycles. The Morgan fingerprint density at radius 2 is 1.22 bits per heavy atom. The standard InChI is InChI=1S/C24H22O7S/c1-32(27,28)31-21(17-29-23(25)19-13-7-3-8-14-19)22(18-11-5-2-6-12-18)30-24(26)20-15-9-4-10-16-20/h2-16,21-22H,17H2,1H3/t21-,22+/m0/s1. The molecule has 3 aromatic rings. The van der Waals surface area contributed by atoms with Gasteiger partial charge in [-0.15, -0.1) is 0 Å². The van der Waals surface area contributed by atoms with Gasteiger partial charge in [0, 0.05) is 0 Å². The minimum absolute atomic E-state index is 0.285. The van der Waals surface area contributed by atoms with Crippen molar-refractivity contribution in [2.45, 2.75) is 12.2 Å². The molecule has 0 N–H and O–H groups in total. The first-order valence-corrected chi connectivity index (χ1v) is 11.6. The highest BCUT2D eigenvalue weighted by atomic mass is 32.2. The molecule has 3 aromatic carbocycles. The van der Waals surface area contributed by atoms with E-state index in [1.165, 1.54) is 0 Å². The lowest BCUT2D eigenvalue weighted by atomic mass is 10.0. The fourth-order valence-corrected chi connectivity index (χ4v) is 3.57. The minimum atomic E-state index is -3.97. The van der Waals surface area contributed by atoms with Crippen molar-refractivity contribution in [2.24, 2.45) is 0 Å². The van der Waals surface area contributed by atoms with Crippen molar-refractivity contribution in [3.8, 4) is 0 Å². The molecule has 0 aliphatic rings. The topological polar surface area (TPSA) is 96.0 Å². The van der Waals surface area contributed by atoms with Crippen molar-refractivity contribution < 1.29 is 31.7 Å². The van der Waals surface area contributed by atoms with E-state index in [2.05, 4.69) is 0 Å². The molecule has 0 aromatic heterocycles. The van der Waals surface area contributed by atoms with Crippen LogP contribution < -0.4 is 0 Å². The van der Waals surface area contributed by atoms with Crippen molar-refractivity contribution in [3.63, 3.8) is 0 Å². The fraction of sp³-hybridized carbons (Fsp3) is 0.167. The summed E-state index contributed by atoms with van der Waals surface area (Å²) in [6.45, 7) is -0.456. The maximum Gasteiger partial charge on any atom is 0.338 e. The zero-order chi connectivity index (χ0) is 23.0. The summed E-state index contributed by atoms with van der Waals surface area (Å²) in [6.07, 6.45) is -1.57. The van der Waals surface area contributed by atoms with E-state index in [4.69, 9.17) is 13.7 Å². The average molecular weight is 455 g/mol. The first-order valence-electron chi connectivity index (χ1n) is 9.75. The molecule has 0 saturated heterocycles. The number of benzene rings is 3. The summed E-state index contributed by atoms with van der Waals surface area (Å²) in [5.74, 6) is -1.33. The van der Waals surface area contributed by atoms with Crippen molar-refractivity contribution >= 4 is 22.1 Å². The normalized spacial score (nSPS) is 13.0. The third-order valence-corrected chi connectivity index (χ3v) is 4.99. The summed E-state index contributed by atoms with van der Waals surface area (Å²) in [4.78, 5) is 25.1. The predicted molar refractivity (Wildman–Crippen MR) is 117 cm³/mol. The molecule has 0 spiro atoms. The van der Waals surface area contributed by atoms with Crippen LogP contribution in [0.15, 0.2) is 91.0 Å². The highest BCUT2D eigenvalue weighted by molar-refractivity contribution is 7.86. The number of carbonyl (C=O) groups is 2. The highest BCUT2D eigenvalue weighted by Gasteiger charge is 2.32. The van der Waals surface area contributed by atoms with E-state index in [-0.39, 0.29) is 5.56 Å². The van der Waals surface area contributed by atoms with Crippen LogP contribution in [0, 0.1) is 0 Å². The summed E-state index contributed by atoms with van der Waals surface area (Å²) < 4.78 is 40.0. The van der Waals surface area contributed by atoms with Gasteiger partial charge in [0.15, 0.2) is 12.2 Å². The Labute approximate surface area is 186 Å². The summed E-state index contributed by atoms with van der Waals surface area (Å²) in [7, 11) is -3.97. The number of ether oxygens (including phenoxy) is 2. The zero-order valence-electron chi connectivity index (χ0n) is 17.3. The number of esters is 2. The van der Waals surface area contributed by atoms with Crippen LogP contribution in [0.5, 0.6) is 0 Å². The van der Waals surface area contributed by atoms with Gasteiger partial charge in [-0.2, -0.15) is 8.42 Å². The van der Waals surface area contributed by atoms with Crippen LogP contribution >= 0.6 is 0 Å². The second-order valence-electron chi connectivity index (χ2n) is 6.91. The average Bonchev–Trinajstić information content (AvgIpc) is 2.81. The van der Waals surface area contributed by atoms with Gasteiger partial charge in [0.05, 0.1) is 17.4 Å². The Balaban J connectivity index is 1.88. The van der Waals surface area contributed by atoms with Crippen molar-refractivity contribution in [1.29, 1.82) is 0 Å². The largest absolute Gasteiger partial charge is 0.459 e. The maximum atomic E-state index is 12.7. The second-order valence-corrected chi connectivity index (χ2v) is 8.51. The van der Waals surface area contributed by atoms with Crippen LogP contribution in [-0.2, 0) is 23.8 Å². The molecule has 0 unspecified atom stereocenters. The van der Waals surface area contributed by atoms with Gasteiger partial charge < -0.3 is 9.47 Å². The number of carbonyl (C=O) groups excluding carboxylic acids is 2. The lowest BCUT2D eigenvalue weighted by molar-refractivity contribution is -0.0329. The molecule has 0 amide bonds. The third-order valence-electron chi connectivity index (χ3n) is 4.40. The molecule has 0 radical (unpaired) electrons. The second kappa shape index (κ2) is 10.7. The molecule has 32 heavy (non-hydrogen) atoms. The van der Waals surface area contributed by atoms with Crippen LogP contribution in [0.4, 0.5) is 0 Å². The Kier molecular flexibility index (Phi) is 7.75. The summed E-state index contributed by atoms with van der Waals surface area (Å²) in [5.41, 5.74) is 1.07. The molecular formula is C24H22O7S. The van der Waals surface area contributed by atoms with E-state index >= 15 is 0 Å². The van der Waals surface area contributed by atoms with Crippen LogP contribution in [0.3, 0.4) is 0 Å². The van der Waals surface area contributed by atoms with Gasteiger partial charge in [0.1, 0.15) is 6.61 Å². The lowest BCUT2D eigenvalue weighted by Crippen LogP contribution is -2.33. The zero-order valence-corrected chi connectivity index (χ0v) is 18.1. The summed E-state index contributed by atoms with van der Waals surface area (Å²) in [5, 5.41) is 0. The number of rotatable bonds is 9. The SMILES string of the molecule is CS(=O)(=O)O[C@@H](COC(=O)c1ccccc1)[C@H](OC(=O)c1ccccc1)c1ccccc1. The fourth-order valence-electron chi connectivity index (χ4n) is 2.96. The molecule has 0 saturated carbocycles. The van der Waals surface area contributed by atoms with Gasteiger partial charge in [-0.3, -0.25) is 4.18 Å². The Hall–Kier alpha value is -3.49. The van der Waals surface area contributed by atoms with E-state index in [9.17, 15) is 18.0 Å².